The Balaban J connectivity index is 2.13. The van der Waals surface area contributed by atoms with E-state index >= 15 is 0 Å². The summed E-state index contributed by atoms with van der Waals surface area (Å²) in [5.74, 6) is -1.04. The molecule has 0 saturated carbocycles. The van der Waals surface area contributed by atoms with Crippen molar-refractivity contribution < 1.29 is 29.3 Å². The van der Waals surface area contributed by atoms with Gasteiger partial charge in [-0.15, -0.1) is 0 Å². The second-order valence-electron chi connectivity index (χ2n) is 12.6. The van der Waals surface area contributed by atoms with Crippen molar-refractivity contribution in [2.75, 3.05) is 0 Å². The summed E-state index contributed by atoms with van der Waals surface area (Å²) in [5.41, 5.74) is 0.660. The first kappa shape index (κ1) is 34.0. The molecule has 4 N–H and O–H groups in total. The summed E-state index contributed by atoms with van der Waals surface area (Å²) >= 11 is 0. The van der Waals surface area contributed by atoms with E-state index in [1.165, 1.54) is 17.0 Å². The zero-order valence-corrected chi connectivity index (χ0v) is 26.7. The third-order valence-corrected chi connectivity index (χ3v) is 7.50. The number of phenols is 2. The lowest BCUT2D eigenvalue weighted by Gasteiger charge is -2.44. The third kappa shape index (κ3) is 8.99. The zero-order chi connectivity index (χ0) is 32.7. The van der Waals surface area contributed by atoms with Crippen LogP contribution in [0.2, 0.25) is 0 Å². The van der Waals surface area contributed by atoms with E-state index in [-0.39, 0.29) is 30.0 Å². The van der Waals surface area contributed by atoms with Gasteiger partial charge >= 0.3 is 6.09 Å². The second-order valence-corrected chi connectivity index (χ2v) is 12.6. The predicted molar refractivity (Wildman–Crippen MR) is 170 cm³/mol. The van der Waals surface area contributed by atoms with Crippen molar-refractivity contribution in [3.05, 3.63) is 95.1 Å². The summed E-state index contributed by atoms with van der Waals surface area (Å²) in [6.45, 7) is 12.7. The number of alkyl carbamates (subject to hydrolysis) is 1. The lowest BCUT2D eigenvalue weighted by Crippen LogP contribution is -2.59. The molecule has 0 aliphatic carbocycles. The number of ether oxygens (including phenoxy) is 1. The van der Waals surface area contributed by atoms with Gasteiger partial charge in [0.05, 0.1) is 0 Å². The fourth-order valence-corrected chi connectivity index (χ4v) is 4.81. The maximum atomic E-state index is 14.8. The van der Waals surface area contributed by atoms with Gasteiger partial charge in [-0.05, 0) is 76.8 Å². The fourth-order valence-electron chi connectivity index (χ4n) is 4.81. The van der Waals surface area contributed by atoms with E-state index in [4.69, 9.17) is 4.74 Å². The smallest absolute Gasteiger partial charge is 0.408 e. The van der Waals surface area contributed by atoms with Crippen molar-refractivity contribution in [3.63, 3.8) is 0 Å². The number of rotatable bonds is 11. The number of aryl methyl sites for hydroxylation is 1. The monoisotopic (exact) mass is 603 g/mol. The van der Waals surface area contributed by atoms with Gasteiger partial charge in [-0.25, -0.2) is 4.79 Å². The van der Waals surface area contributed by atoms with Gasteiger partial charge in [-0.3, -0.25) is 9.59 Å². The van der Waals surface area contributed by atoms with E-state index in [0.29, 0.717) is 17.5 Å². The minimum atomic E-state index is -1.23. The van der Waals surface area contributed by atoms with Gasteiger partial charge in [0.2, 0.25) is 11.8 Å². The SMILES string of the molecule is CCC(C)(C)N(C(=O)C(Cc1ccc(O)cc1)NC(=O)OC(C)(C)C)C(C(=O)NCc1ccccc1)c1cccc(C)c1O. The molecule has 0 saturated heterocycles. The maximum Gasteiger partial charge on any atom is 0.408 e. The lowest BCUT2D eigenvalue weighted by molar-refractivity contribution is -0.149. The summed E-state index contributed by atoms with van der Waals surface area (Å²) in [6.07, 6.45) is -0.258. The van der Waals surface area contributed by atoms with Gasteiger partial charge in [0.25, 0.3) is 0 Å². The molecule has 0 fully saturated rings. The first-order valence-electron chi connectivity index (χ1n) is 14.8. The van der Waals surface area contributed by atoms with Crippen molar-refractivity contribution in [1.82, 2.24) is 15.5 Å². The third-order valence-electron chi connectivity index (χ3n) is 7.50. The van der Waals surface area contributed by atoms with E-state index in [0.717, 1.165) is 5.56 Å². The summed E-state index contributed by atoms with van der Waals surface area (Å²) in [5, 5.41) is 26.7. The number of nitrogens with zero attached hydrogens (tertiary/aromatic N) is 1. The molecule has 2 unspecified atom stereocenters. The van der Waals surface area contributed by atoms with E-state index in [2.05, 4.69) is 10.6 Å². The molecular formula is C35H45N3O6. The molecule has 44 heavy (non-hydrogen) atoms. The van der Waals surface area contributed by atoms with Gasteiger partial charge in [0.1, 0.15) is 29.2 Å². The van der Waals surface area contributed by atoms with Crippen LogP contribution in [0.4, 0.5) is 4.79 Å². The van der Waals surface area contributed by atoms with E-state index in [1.54, 1.807) is 58.0 Å². The molecule has 3 aromatic carbocycles. The molecule has 0 bridgehead atoms. The van der Waals surface area contributed by atoms with Crippen molar-refractivity contribution in [2.24, 2.45) is 0 Å². The van der Waals surface area contributed by atoms with Gasteiger partial charge < -0.3 is 30.5 Å². The summed E-state index contributed by atoms with van der Waals surface area (Å²) in [7, 11) is 0. The molecule has 9 nitrogen and oxygen atoms in total. The number of phenolic OH excluding ortho intramolecular Hbond substituents is 2. The lowest BCUT2D eigenvalue weighted by atomic mass is 9.90. The van der Waals surface area contributed by atoms with E-state index in [9.17, 15) is 24.6 Å². The molecule has 3 aromatic rings. The number of aromatic hydroxyl groups is 2. The Hall–Kier alpha value is -4.53. The van der Waals surface area contributed by atoms with Crippen LogP contribution < -0.4 is 10.6 Å². The average molecular weight is 604 g/mol. The number of para-hydroxylation sites is 1. The maximum absolute atomic E-state index is 14.8. The minimum Gasteiger partial charge on any atom is -0.508 e. The van der Waals surface area contributed by atoms with Crippen molar-refractivity contribution in [2.45, 2.75) is 91.1 Å². The van der Waals surface area contributed by atoms with E-state index < -0.39 is 41.1 Å². The largest absolute Gasteiger partial charge is 0.508 e. The normalized spacial score (nSPS) is 13.0. The highest BCUT2D eigenvalue weighted by molar-refractivity contribution is 5.93. The Bertz CT molecular complexity index is 1430. The Morgan fingerprint density at radius 3 is 2.09 bits per heavy atom. The van der Waals surface area contributed by atoms with Gasteiger partial charge in [0, 0.05) is 24.1 Å². The Kier molecular flexibility index (Phi) is 11.0. The van der Waals surface area contributed by atoms with Crippen LogP contribution in [0.5, 0.6) is 11.5 Å². The van der Waals surface area contributed by atoms with Crippen LogP contribution in [0.15, 0.2) is 72.8 Å². The summed E-state index contributed by atoms with van der Waals surface area (Å²) in [6, 6.07) is 18.5. The van der Waals surface area contributed by atoms with Crippen molar-refractivity contribution in [1.29, 1.82) is 0 Å². The highest BCUT2D eigenvalue weighted by Crippen LogP contribution is 2.37. The van der Waals surface area contributed by atoms with Crippen LogP contribution >= 0.6 is 0 Å². The molecule has 0 aliphatic rings. The van der Waals surface area contributed by atoms with Crippen LogP contribution in [0, 0.1) is 6.92 Å². The van der Waals surface area contributed by atoms with Crippen LogP contribution in [0.25, 0.3) is 0 Å². The first-order chi connectivity index (χ1) is 20.6. The number of carbonyl (C=O) groups excluding carboxylic acids is 3. The number of benzene rings is 3. The predicted octanol–water partition coefficient (Wildman–Crippen LogP) is 5.92. The Morgan fingerprint density at radius 1 is 0.864 bits per heavy atom. The molecule has 3 rings (SSSR count). The molecule has 0 aliphatic heterocycles. The number of hydrogen-bond acceptors (Lipinski definition) is 6. The second kappa shape index (κ2) is 14.3. The van der Waals surface area contributed by atoms with Crippen LogP contribution in [-0.2, 0) is 27.3 Å². The highest BCUT2D eigenvalue weighted by atomic mass is 16.6. The average Bonchev–Trinajstić information content (AvgIpc) is 2.96. The molecule has 0 aromatic heterocycles. The molecule has 2 atom stereocenters. The van der Waals surface area contributed by atoms with Crippen LogP contribution in [-0.4, -0.2) is 50.2 Å². The molecule has 0 radical (unpaired) electrons. The summed E-state index contributed by atoms with van der Waals surface area (Å²) in [4.78, 5) is 43.4. The quantitative estimate of drug-likeness (QED) is 0.216. The van der Waals surface area contributed by atoms with Gasteiger partial charge in [-0.2, -0.15) is 0 Å². The number of hydrogen-bond donors (Lipinski definition) is 4. The molecular weight excluding hydrogens is 558 g/mol. The summed E-state index contributed by atoms with van der Waals surface area (Å²) < 4.78 is 5.50. The van der Waals surface area contributed by atoms with Gasteiger partial charge in [-0.1, -0.05) is 67.6 Å². The first-order valence-corrected chi connectivity index (χ1v) is 14.8. The van der Waals surface area contributed by atoms with Crippen molar-refractivity contribution in [3.8, 4) is 11.5 Å². The molecule has 0 spiro atoms. The molecule has 3 amide bonds. The van der Waals surface area contributed by atoms with E-state index in [1.807, 2.05) is 51.1 Å². The standard InChI is InChI=1S/C35H45N3O6/c1-8-35(6,7)38(32(42)28(37-33(43)44-34(3,4)5)21-24-17-19-26(39)20-18-24)29(27-16-12-13-23(2)30(27)40)31(41)36-22-25-14-10-9-11-15-25/h9-20,28-29,39-40H,8,21-22H2,1-7H3,(H,36,41)(H,37,43). The number of carbonyl (C=O) groups is 3. The Morgan fingerprint density at radius 2 is 1.50 bits per heavy atom. The fraction of sp³-hybridized carbons (Fsp3) is 0.400. The molecule has 236 valence electrons. The zero-order valence-electron chi connectivity index (χ0n) is 26.7. The van der Waals surface area contributed by atoms with Gasteiger partial charge in [0.15, 0.2) is 0 Å². The number of nitrogens with one attached hydrogen (secondary N) is 2. The molecule has 9 heteroatoms. The number of amides is 3. The van der Waals surface area contributed by atoms with Crippen molar-refractivity contribution >= 4 is 17.9 Å². The molecule has 0 heterocycles. The van der Waals surface area contributed by atoms with Crippen LogP contribution in [0.1, 0.15) is 76.3 Å². The highest BCUT2D eigenvalue weighted by Gasteiger charge is 2.44. The van der Waals surface area contributed by atoms with Crippen LogP contribution in [0.3, 0.4) is 0 Å². The Labute approximate surface area is 260 Å². The minimum absolute atomic E-state index is 0.0623. The topological polar surface area (TPSA) is 128 Å².